The minimum atomic E-state index is -0.407. The van der Waals surface area contributed by atoms with E-state index in [-0.39, 0.29) is 55.6 Å². The van der Waals surface area contributed by atoms with Crippen LogP contribution in [0, 0.1) is 11.8 Å². The SMILES string of the molecule is COc1ccc(/C=C2/SC(=O)N(CCNC(=O)CCN3C(=O)C4CCCCC4C3=O)C2=O)cc1. The summed E-state index contributed by atoms with van der Waals surface area (Å²) < 4.78 is 5.11. The van der Waals surface area contributed by atoms with Crippen molar-refractivity contribution in [2.45, 2.75) is 32.1 Å². The fourth-order valence-electron chi connectivity index (χ4n) is 4.60. The summed E-state index contributed by atoms with van der Waals surface area (Å²) in [6.07, 6.45) is 5.03. The molecule has 2 heterocycles. The van der Waals surface area contributed by atoms with Gasteiger partial charge in [-0.05, 0) is 48.4 Å². The van der Waals surface area contributed by atoms with Gasteiger partial charge in [-0.3, -0.25) is 33.8 Å². The van der Waals surface area contributed by atoms with Crippen LogP contribution in [0.1, 0.15) is 37.7 Å². The van der Waals surface area contributed by atoms with Crippen molar-refractivity contribution in [1.82, 2.24) is 15.1 Å². The van der Waals surface area contributed by atoms with Crippen LogP contribution in [0.5, 0.6) is 5.75 Å². The van der Waals surface area contributed by atoms with Gasteiger partial charge in [0.25, 0.3) is 11.1 Å². The number of thioether (sulfide) groups is 1. The van der Waals surface area contributed by atoms with Crippen LogP contribution in [-0.2, 0) is 19.2 Å². The molecule has 0 bridgehead atoms. The first-order chi connectivity index (χ1) is 16.4. The van der Waals surface area contributed by atoms with E-state index in [1.807, 2.05) is 0 Å². The third kappa shape index (κ3) is 5.01. The number of ether oxygens (including phenoxy) is 1. The Hall–Kier alpha value is -3.14. The Labute approximate surface area is 201 Å². The molecule has 1 aliphatic carbocycles. The minimum absolute atomic E-state index is 0.00378. The maximum Gasteiger partial charge on any atom is 0.293 e. The van der Waals surface area contributed by atoms with Crippen molar-refractivity contribution < 1.29 is 28.7 Å². The average molecular weight is 486 g/mol. The largest absolute Gasteiger partial charge is 0.497 e. The van der Waals surface area contributed by atoms with Crippen LogP contribution in [0.3, 0.4) is 0 Å². The number of hydrogen-bond acceptors (Lipinski definition) is 7. The molecule has 1 aromatic carbocycles. The van der Waals surface area contributed by atoms with Gasteiger partial charge in [-0.15, -0.1) is 0 Å². The van der Waals surface area contributed by atoms with E-state index in [2.05, 4.69) is 5.32 Å². The molecule has 3 aliphatic rings. The molecule has 0 radical (unpaired) electrons. The predicted molar refractivity (Wildman–Crippen MR) is 125 cm³/mol. The molecule has 0 aromatic heterocycles. The van der Waals surface area contributed by atoms with Crippen LogP contribution in [0.25, 0.3) is 6.08 Å². The van der Waals surface area contributed by atoms with Gasteiger partial charge in [-0.25, -0.2) is 0 Å². The van der Waals surface area contributed by atoms with Crippen LogP contribution in [0.4, 0.5) is 4.79 Å². The Morgan fingerprint density at radius 1 is 1.03 bits per heavy atom. The zero-order chi connectivity index (χ0) is 24.2. The number of benzene rings is 1. The van der Waals surface area contributed by atoms with Crippen molar-refractivity contribution in [2.75, 3.05) is 26.7 Å². The summed E-state index contributed by atoms with van der Waals surface area (Å²) >= 11 is 0.856. The normalized spacial score (nSPS) is 23.6. The second-order valence-corrected chi connectivity index (χ2v) is 9.53. The van der Waals surface area contributed by atoms with E-state index < -0.39 is 11.1 Å². The molecule has 2 unspecified atom stereocenters. The lowest BCUT2D eigenvalue weighted by Crippen LogP contribution is -2.39. The quantitative estimate of drug-likeness (QED) is 0.444. The van der Waals surface area contributed by atoms with Crippen molar-refractivity contribution >= 4 is 46.7 Å². The van der Waals surface area contributed by atoms with Gasteiger partial charge in [-0.1, -0.05) is 25.0 Å². The summed E-state index contributed by atoms with van der Waals surface area (Å²) in [7, 11) is 1.57. The Morgan fingerprint density at radius 2 is 1.68 bits per heavy atom. The molecule has 3 fully saturated rings. The van der Waals surface area contributed by atoms with Crippen LogP contribution in [0.2, 0.25) is 0 Å². The molecule has 180 valence electrons. The van der Waals surface area contributed by atoms with Crippen molar-refractivity contribution in [3.8, 4) is 5.75 Å². The lowest BCUT2D eigenvalue weighted by molar-refractivity contribution is -0.140. The van der Waals surface area contributed by atoms with Gasteiger partial charge in [0.05, 0.1) is 23.9 Å². The highest BCUT2D eigenvalue weighted by Crippen LogP contribution is 2.38. The van der Waals surface area contributed by atoms with Gasteiger partial charge >= 0.3 is 0 Å². The van der Waals surface area contributed by atoms with E-state index in [1.165, 1.54) is 4.90 Å². The minimum Gasteiger partial charge on any atom is -0.497 e. The smallest absolute Gasteiger partial charge is 0.293 e. The Bertz CT molecular complexity index is 1010. The molecule has 2 saturated heterocycles. The molecule has 9 nitrogen and oxygen atoms in total. The summed E-state index contributed by atoms with van der Waals surface area (Å²) in [5.41, 5.74) is 0.769. The second kappa shape index (κ2) is 10.4. The van der Waals surface area contributed by atoms with Crippen LogP contribution >= 0.6 is 11.8 Å². The number of hydrogen-bond donors (Lipinski definition) is 1. The van der Waals surface area contributed by atoms with Gasteiger partial charge in [0, 0.05) is 26.1 Å². The molecular formula is C24H27N3O6S. The van der Waals surface area contributed by atoms with Crippen molar-refractivity contribution in [1.29, 1.82) is 0 Å². The van der Waals surface area contributed by atoms with E-state index in [4.69, 9.17) is 4.74 Å². The highest BCUT2D eigenvalue weighted by atomic mass is 32.2. The summed E-state index contributed by atoms with van der Waals surface area (Å²) in [4.78, 5) is 64.7. The molecule has 34 heavy (non-hydrogen) atoms. The number of rotatable bonds is 8. The fraction of sp³-hybridized carbons (Fsp3) is 0.458. The number of carbonyl (C=O) groups is 5. The summed E-state index contributed by atoms with van der Waals surface area (Å²) in [6.45, 7) is 0.199. The molecule has 2 atom stereocenters. The van der Waals surface area contributed by atoms with E-state index >= 15 is 0 Å². The number of likely N-dealkylation sites (tertiary alicyclic amines) is 1. The van der Waals surface area contributed by atoms with Gasteiger partial charge < -0.3 is 10.1 Å². The first-order valence-corrected chi connectivity index (χ1v) is 12.2. The second-order valence-electron chi connectivity index (χ2n) is 8.53. The number of imide groups is 2. The van der Waals surface area contributed by atoms with Gasteiger partial charge in [0.2, 0.25) is 17.7 Å². The van der Waals surface area contributed by atoms with Crippen LogP contribution in [-0.4, -0.2) is 65.4 Å². The predicted octanol–water partition coefficient (Wildman–Crippen LogP) is 2.41. The van der Waals surface area contributed by atoms with E-state index in [0.29, 0.717) is 10.7 Å². The lowest BCUT2D eigenvalue weighted by atomic mass is 9.81. The average Bonchev–Trinajstić information content (AvgIpc) is 3.25. The summed E-state index contributed by atoms with van der Waals surface area (Å²) in [5, 5.41) is 2.27. The lowest BCUT2D eigenvalue weighted by Gasteiger charge is -2.19. The highest BCUT2D eigenvalue weighted by Gasteiger charge is 2.47. The van der Waals surface area contributed by atoms with Crippen LogP contribution in [0.15, 0.2) is 29.2 Å². The number of methoxy groups -OCH3 is 1. The maximum atomic E-state index is 12.6. The molecule has 0 spiro atoms. The van der Waals surface area contributed by atoms with E-state index in [9.17, 15) is 24.0 Å². The number of amides is 5. The zero-order valence-electron chi connectivity index (χ0n) is 19.0. The fourth-order valence-corrected chi connectivity index (χ4v) is 5.47. The summed E-state index contributed by atoms with van der Waals surface area (Å²) in [5.74, 6) is -0.832. The standard InChI is InChI=1S/C24H27N3O6S/c1-33-16-8-6-15(7-9-16)14-19-23(31)27(24(32)34-19)13-11-25-20(28)10-12-26-21(29)17-4-2-3-5-18(17)22(26)30/h6-9,14,17-18H,2-5,10-13H2,1H3,(H,25,28)/b19-14+. The molecule has 1 saturated carbocycles. The molecule has 1 aromatic rings. The molecule has 2 aliphatic heterocycles. The molecular weight excluding hydrogens is 458 g/mol. The highest BCUT2D eigenvalue weighted by molar-refractivity contribution is 8.18. The first-order valence-electron chi connectivity index (χ1n) is 11.4. The van der Waals surface area contributed by atoms with Crippen molar-refractivity contribution in [3.63, 3.8) is 0 Å². The Balaban J connectivity index is 1.24. The Kier molecular flexibility index (Phi) is 7.35. The number of carbonyl (C=O) groups excluding carboxylic acids is 5. The van der Waals surface area contributed by atoms with Crippen LogP contribution < -0.4 is 10.1 Å². The van der Waals surface area contributed by atoms with E-state index in [1.54, 1.807) is 37.5 Å². The third-order valence-corrected chi connectivity index (χ3v) is 7.35. The molecule has 1 N–H and O–H groups in total. The maximum absolute atomic E-state index is 12.6. The van der Waals surface area contributed by atoms with Crippen molar-refractivity contribution in [2.24, 2.45) is 11.8 Å². The molecule has 4 rings (SSSR count). The molecule has 10 heteroatoms. The topological polar surface area (TPSA) is 113 Å². The van der Waals surface area contributed by atoms with Crippen molar-refractivity contribution in [3.05, 3.63) is 34.7 Å². The van der Waals surface area contributed by atoms with Gasteiger partial charge in [0.15, 0.2) is 0 Å². The molecule has 5 amide bonds. The van der Waals surface area contributed by atoms with Gasteiger partial charge in [0.1, 0.15) is 5.75 Å². The zero-order valence-corrected chi connectivity index (χ0v) is 19.8. The number of fused-ring (bicyclic) bond motifs is 1. The number of nitrogens with one attached hydrogen (secondary N) is 1. The monoisotopic (exact) mass is 485 g/mol. The van der Waals surface area contributed by atoms with Gasteiger partial charge in [-0.2, -0.15) is 0 Å². The number of nitrogens with zero attached hydrogens (tertiary/aromatic N) is 2. The summed E-state index contributed by atoms with van der Waals surface area (Å²) in [6, 6.07) is 7.11. The Morgan fingerprint density at radius 3 is 2.29 bits per heavy atom. The van der Waals surface area contributed by atoms with E-state index in [0.717, 1.165) is 47.9 Å². The third-order valence-electron chi connectivity index (χ3n) is 6.44. The first kappa shape index (κ1) is 24.0.